The molecule has 1 saturated heterocycles. The van der Waals surface area contributed by atoms with E-state index in [0.29, 0.717) is 5.41 Å². The minimum Gasteiger partial charge on any atom is -0.316 e. The van der Waals surface area contributed by atoms with E-state index in [1.807, 2.05) is 0 Å². The average Bonchev–Trinajstić information content (AvgIpc) is 2.57. The van der Waals surface area contributed by atoms with Crippen LogP contribution in [-0.4, -0.2) is 13.1 Å². The van der Waals surface area contributed by atoms with E-state index in [-0.39, 0.29) is 0 Å². The van der Waals surface area contributed by atoms with Crippen LogP contribution in [0.15, 0.2) is 0 Å². The van der Waals surface area contributed by atoms with Crippen LogP contribution < -0.4 is 5.32 Å². The molecule has 76 valence electrons. The van der Waals surface area contributed by atoms with Gasteiger partial charge in [-0.2, -0.15) is 0 Å². The molecule has 0 aromatic carbocycles. The molecule has 1 nitrogen and oxygen atoms in total. The first-order valence-electron chi connectivity index (χ1n) is 5.99. The van der Waals surface area contributed by atoms with Crippen LogP contribution in [0.4, 0.5) is 0 Å². The molecule has 1 aliphatic carbocycles. The minimum atomic E-state index is 0.703. The van der Waals surface area contributed by atoms with E-state index >= 15 is 0 Å². The molecule has 13 heavy (non-hydrogen) atoms. The average molecular weight is 181 g/mol. The zero-order valence-electron chi connectivity index (χ0n) is 8.94. The fourth-order valence-corrected chi connectivity index (χ4v) is 3.20. The van der Waals surface area contributed by atoms with Gasteiger partial charge in [-0.1, -0.05) is 26.2 Å². The lowest BCUT2D eigenvalue weighted by molar-refractivity contribution is 0.169. The van der Waals surface area contributed by atoms with Crippen LogP contribution in [0.1, 0.15) is 51.9 Å². The Morgan fingerprint density at radius 1 is 1.23 bits per heavy atom. The first kappa shape index (κ1) is 9.51. The molecule has 0 spiro atoms. The molecule has 0 aromatic rings. The summed E-state index contributed by atoms with van der Waals surface area (Å²) in [7, 11) is 0. The van der Waals surface area contributed by atoms with Crippen LogP contribution in [0.2, 0.25) is 0 Å². The number of hydrogen-bond acceptors (Lipinski definition) is 1. The summed E-state index contributed by atoms with van der Waals surface area (Å²) < 4.78 is 0. The van der Waals surface area contributed by atoms with Gasteiger partial charge in [0.2, 0.25) is 0 Å². The quantitative estimate of drug-likeness (QED) is 0.690. The highest BCUT2D eigenvalue weighted by Gasteiger charge is 2.30. The van der Waals surface area contributed by atoms with E-state index in [9.17, 15) is 0 Å². The van der Waals surface area contributed by atoms with Crippen LogP contribution in [0.25, 0.3) is 0 Å². The summed E-state index contributed by atoms with van der Waals surface area (Å²) in [4.78, 5) is 0. The molecule has 0 bridgehead atoms. The lowest BCUT2D eigenvalue weighted by Crippen LogP contribution is -2.24. The molecule has 0 amide bonds. The standard InChI is InChI=1S/C12H23N/c1-12(6-3-2-4-7-12)9-11-5-8-13-10-11/h11,13H,2-10H2,1H3. The second-order valence-corrected chi connectivity index (χ2v) is 5.43. The Morgan fingerprint density at radius 3 is 2.62 bits per heavy atom. The lowest BCUT2D eigenvalue weighted by atomic mass is 9.70. The Hall–Kier alpha value is -0.0400. The molecule has 2 fully saturated rings. The highest BCUT2D eigenvalue weighted by Crippen LogP contribution is 2.41. The molecule has 1 unspecified atom stereocenters. The van der Waals surface area contributed by atoms with E-state index in [1.54, 1.807) is 0 Å². The maximum Gasteiger partial charge on any atom is -0.00198 e. The van der Waals surface area contributed by atoms with E-state index in [0.717, 1.165) is 5.92 Å². The second-order valence-electron chi connectivity index (χ2n) is 5.43. The second kappa shape index (κ2) is 4.00. The van der Waals surface area contributed by atoms with Gasteiger partial charge in [0.25, 0.3) is 0 Å². The Balaban J connectivity index is 1.83. The van der Waals surface area contributed by atoms with Crippen molar-refractivity contribution in [3.8, 4) is 0 Å². The molecule has 1 saturated carbocycles. The molecular weight excluding hydrogens is 158 g/mol. The molecule has 1 heteroatoms. The summed E-state index contributed by atoms with van der Waals surface area (Å²) in [6.45, 7) is 5.07. The summed E-state index contributed by atoms with van der Waals surface area (Å²) in [6, 6.07) is 0. The van der Waals surface area contributed by atoms with Crippen LogP contribution >= 0.6 is 0 Å². The third kappa shape index (κ3) is 2.46. The topological polar surface area (TPSA) is 12.0 Å². The monoisotopic (exact) mass is 181 g/mol. The van der Waals surface area contributed by atoms with E-state index in [2.05, 4.69) is 12.2 Å². The van der Waals surface area contributed by atoms with Crippen molar-refractivity contribution >= 4 is 0 Å². The third-order valence-corrected chi connectivity index (χ3v) is 4.00. The van der Waals surface area contributed by atoms with Crippen LogP contribution in [0, 0.1) is 11.3 Å². The highest BCUT2D eigenvalue weighted by molar-refractivity contribution is 4.84. The Kier molecular flexibility index (Phi) is 2.92. The van der Waals surface area contributed by atoms with Crippen molar-refractivity contribution in [1.29, 1.82) is 0 Å². The van der Waals surface area contributed by atoms with Crippen molar-refractivity contribution in [3.05, 3.63) is 0 Å². The van der Waals surface area contributed by atoms with Gasteiger partial charge in [-0.05, 0) is 50.1 Å². The smallest absolute Gasteiger partial charge is 0.00198 e. The molecule has 1 atom stereocenters. The van der Waals surface area contributed by atoms with Crippen molar-refractivity contribution in [2.45, 2.75) is 51.9 Å². The molecular formula is C12H23N. The van der Waals surface area contributed by atoms with E-state index in [4.69, 9.17) is 0 Å². The van der Waals surface area contributed by atoms with Gasteiger partial charge in [0.05, 0.1) is 0 Å². The van der Waals surface area contributed by atoms with E-state index < -0.39 is 0 Å². The normalized spacial score (nSPS) is 33.5. The van der Waals surface area contributed by atoms with Crippen molar-refractivity contribution < 1.29 is 0 Å². The predicted octanol–water partition coefficient (Wildman–Crippen LogP) is 2.96. The van der Waals surface area contributed by atoms with E-state index in [1.165, 1.54) is 58.0 Å². The maximum atomic E-state index is 3.48. The molecule has 0 aromatic heterocycles. The summed E-state index contributed by atoms with van der Waals surface area (Å²) in [5, 5.41) is 3.48. The molecule has 2 aliphatic rings. The molecule has 0 radical (unpaired) electrons. The molecule has 2 rings (SSSR count). The summed E-state index contributed by atoms with van der Waals surface area (Å²) in [5.41, 5.74) is 0.703. The van der Waals surface area contributed by atoms with Crippen LogP contribution in [0.5, 0.6) is 0 Å². The zero-order chi connectivity index (χ0) is 9.15. The largest absolute Gasteiger partial charge is 0.316 e. The van der Waals surface area contributed by atoms with Gasteiger partial charge in [-0.3, -0.25) is 0 Å². The van der Waals surface area contributed by atoms with Crippen LogP contribution in [-0.2, 0) is 0 Å². The Bertz CT molecular complexity index is 153. The Morgan fingerprint density at radius 2 is 2.00 bits per heavy atom. The zero-order valence-corrected chi connectivity index (χ0v) is 8.94. The third-order valence-electron chi connectivity index (χ3n) is 4.00. The van der Waals surface area contributed by atoms with Gasteiger partial charge < -0.3 is 5.32 Å². The van der Waals surface area contributed by atoms with Gasteiger partial charge in [0.1, 0.15) is 0 Å². The highest BCUT2D eigenvalue weighted by atomic mass is 14.9. The fraction of sp³-hybridized carbons (Fsp3) is 1.00. The van der Waals surface area contributed by atoms with Crippen molar-refractivity contribution in [2.24, 2.45) is 11.3 Å². The molecule has 1 heterocycles. The summed E-state index contributed by atoms with van der Waals surface area (Å²) >= 11 is 0. The molecule has 1 N–H and O–H groups in total. The summed E-state index contributed by atoms with van der Waals surface area (Å²) in [5.74, 6) is 0.989. The maximum absolute atomic E-state index is 3.48. The van der Waals surface area contributed by atoms with Gasteiger partial charge in [-0.15, -0.1) is 0 Å². The first-order chi connectivity index (χ1) is 6.29. The number of hydrogen-bond donors (Lipinski definition) is 1. The summed E-state index contributed by atoms with van der Waals surface area (Å²) in [6.07, 6.45) is 10.3. The lowest BCUT2D eigenvalue weighted by Gasteiger charge is -2.35. The van der Waals surface area contributed by atoms with Crippen LogP contribution in [0.3, 0.4) is 0 Å². The predicted molar refractivity (Wildman–Crippen MR) is 56.8 cm³/mol. The van der Waals surface area contributed by atoms with Gasteiger partial charge in [-0.25, -0.2) is 0 Å². The first-order valence-corrected chi connectivity index (χ1v) is 5.99. The minimum absolute atomic E-state index is 0.703. The number of nitrogens with one attached hydrogen (secondary N) is 1. The van der Waals surface area contributed by atoms with Crippen molar-refractivity contribution in [3.63, 3.8) is 0 Å². The Labute approximate surface area is 82.3 Å². The fourth-order valence-electron chi connectivity index (χ4n) is 3.20. The van der Waals surface area contributed by atoms with Crippen molar-refractivity contribution in [2.75, 3.05) is 13.1 Å². The van der Waals surface area contributed by atoms with Crippen molar-refractivity contribution in [1.82, 2.24) is 5.32 Å². The SMILES string of the molecule is CC1(CC2CCNC2)CCCCC1. The number of rotatable bonds is 2. The van der Waals surface area contributed by atoms with Gasteiger partial charge >= 0.3 is 0 Å². The van der Waals surface area contributed by atoms with Gasteiger partial charge in [0.15, 0.2) is 0 Å². The molecule has 1 aliphatic heterocycles. The van der Waals surface area contributed by atoms with Gasteiger partial charge in [0, 0.05) is 0 Å².